The van der Waals surface area contributed by atoms with Crippen molar-refractivity contribution in [3.05, 3.63) is 51.6 Å². The quantitative estimate of drug-likeness (QED) is 0.840. The molecule has 0 aliphatic rings. The second kappa shape index (κ2) is 6.75. The van der Waals surface area contributed by atoms with Gasteiger partial charge < -0.3 is 5.32 Å². The fourth-order valence-corrected chi connectivity index (χ4v) is 3.24. The minimum Gasteiger partial charge on any atom is -0.313 e. The molecule has 2 rings (SSSR count). The van der Waals surface area contributed by atoms with Crippen molar-refractivity contribution in [3.8, 4) is 0 Å². The molecule has 2 nitrogen and oxygen atoms in total. The largest absolute Gasteiger partial charge is 0.313 e. The first-order valence-corrected chi connectivity index (χ1v) is 7.85. The Labute approximate surface area is 131 Å². The van der Waals surface area contributed by atoms with Crippen LogP contribution in [0.25, 0.3) is 0 Å². The third-order valence-electron chi connectivity index (χ3n) is 2.82. The van der Waals surface area contributed by atoms with E-state index in [4.69, 9.17) is 11.6 Å². The molecule has 1 heterocycles. The Morgan fingerprint density at radius 3 is 2.79 bits per heavy atom. The lowest BCUT2D eigenvalue weighted by Crippen LogP contribution is -2.12. The van der Waals surface area contributed by atoms with Gasteiger partial charge in [0.2, 0.25) is 0 Å². The Bertz CT molecular complexity index is 577. The highest BCUT2D eigenvalue weighted by molar-refractivity contribution is 9.10. The van der Waals surface area contributed by atoms with Crippen molar-refractivity contribution >= 4 is 39.3 Å². The summed E-state index contributed by atoms with van der Waals surface area (Å²) in [5, 5.41) is 4.72. The van der Waals surface area contributed by atoms with E-state index >= 15 is 0 Å². The molecule has 1 atom stereocenters. The van der Waals surface area contributed by atoms with Gasteiger partial charge in [-0.2, -0.15) is 0 Å². The molecule has 5 heteroatoms. The molecule has 0 radical (unpaired) electrons. The second-order valence-corrected chi connectivity index (χ2v) is 6.38. The van der Waals surface area contributed by atoms with Crippen LogP contribution in [0.2, 0.25) is 5.02 Å². The molecule has 0 saturated heterocycles. The van der Waals surface area contributed by atoms with Crippen LogP contribution in [0.5, 0.6) is 0 Å². The second-order valence-electron chi connectivity index (χ2n) is 4.09. The van der Waals surface area contributed by atoms with Gasteiger partial charge in [-0.3, -0.25) is 0 Å². The van der Waals surface area contributed by atoms with Gasteiger partial charge >= 0.3 is 0 Å². The highest BCUT2D eigenvalue weighted by Crippen LogP contribution is 2.36. The van der Waals surface area contributed by atoms with Gasteiger partial charge in [0.1, 0.15) is 5.03 Å². The Morgan fingerprint density at radius 1 is 1.37 bits per heavy atom. The molecule has 1 aromatic carbocycles. The van der Waals surface area contributed by atoms with Gasteiger partial charge in [0.15, 0.2) is 0 Å². The van der Waals surface area contributed by atoms with E-state index in [1.54, 1.807) is 18.0 Å². The summed E-state index contributed by atoms with van der Waals surface area (Å²) in [7, 11) is 1.95. The van der Waals surface area contributed by atoms with Crippen LogP contribution >= 0.6 is 39.3 Å². The minimum absolute atomic E-state index is 0.328. The molecular formula is C14H14BrClN2S. The van der Waals surface area contributed by atoms with E-state index in [1.165, 1.54) is 5.56 Å². The first-order valence-electron chi connectivity index (χ1n) is 5.87. The van der Waals surface area contributed by atoms with Crippen molar-refractivity contribution in [1.82, 2.24) is 10.3 Å². The van der Waals surface area contributed by atoms with Gasteiger partial charge in [0.25, 0.3) is 0 Å². The van der Waals surface area contributed by atoms with E-state index in [2.05, 4.69) is 51.4 Å². The third kappa shape index (κ3) is 3.72. The topological polar surface area (TPSA) is 24.9 Å². The summed E-state index contributed by atoms with van der Waals surface area (Å²) in [5.74, 6) is 0. The molecule has 1 N–H and O–H groups in total. The molecule has 0 bridgehead atoms. The van der Waals surface area contributed by atoms with Gasteiger partial charge in [-0.15, -0.1) is 0 Å². The molecule has 0 spiro atoms. The van der Waals surface area contributed by atoms with Gasteiger partial charge in [0, 0.05) is 21.6 Å². The predicted molar refractivity (Wildman–Crippen MR) is 85.0 cm³/mol. The number of rotatable bonds is 4. The maximum absolute atomic E-state index is 6.12. The van der Waals surface area contributed by atoms with Crippen molar-refractivity contribution in [1.29, 1.82) is 0 Å². The SMILES string of the molecule is CNC(C)c1ccc(Sc2ncccc2Cl)c(Br)c1. The summed E-state index contributed by atoms with van der Waals surface area (Å²) in [5.41, 5.74) is 1.24. The Kier molecular flexibility index (Phi) is 5.28. The molecule has 19 heavy (non-hydrogen) atoms. The smallest absolute Gasteiger partial charge is 0.119 e. The van der Waals surface area contributed by atoms with Gasteiger partial charge in [-0.05, 0) is 59.7 Å². The zero-order valence-electron chi connectivity index (χ0n) is 10.7. The molecule has 1 aromatic heterocycles. The highest BCUT2D eigenvalue weighted by atomic mass is 79.9. The van der Waals surface area contributed by atoms with E-state index in [-0.39, 0.29) is 0 Å². The Balaban J connectivity index is 2.25. The van der Waals surface area contributed by atoms with E-state index in [1.807, 2.05) is 19.2 Å². The van der Waals surface area contributed by atoms with Crippen LogP contribution in [0.4, 0.5) is 0 Å². The summed E-state index contributed by atoms with van der Waals surface area (Å²) in [6, 6.07) is 10.3. The number of benzene rings is 1. The number of halogens is 2. The lowest BCUT2D eigenvalue weighted by Gasteiger charge is -2.12. The lowest BCUT2D eigenvalue weighted by molar-refractivity contribution is 0.651. The van der Waals surface area contributed by atoms with Crippen molar-refractivity contribution in [2.45, 2.75) is 22.9 Å². The Morgan fingerprint density at radius 2 is 2.16 bits per heavy atom. The normalized spacial score (nSPS) is 12.4. The highest BCUT2D eigenvalue weighted by Gasteiger charge is 2.09. The fourth-order valence-electron chi connectivity index (χ4n) is 1.59. The van der Waals surface area contributed by atoms with Crippen LogP contribution in [0, 0.1) is 0 Å². The molecule has 2 aromatic rings. The van der Waals surface area contributed by atoms with Gasteiger partial charge in [0.05, 0.1) is 5.02 Å². The standard InChI is InChI=1S/C14H14BrClN2S/c1-9(17-2)10-5-6-13(11(15)8-10)19-14-12(16)4-3-7-18-14/h3-9,17H,1-2H3. The number of nitrogens with zero attached hydrogens (tertiary/aromatic N) is 1. The van der Waals surface area contributed by atoms with E-state index < -0.39 is 0 Å². The first-order chi connectivity index (χ1) is 9.11. The van der Waals surface area contributed by atoms with Crippen molar-refractivity contribution in [2.24, 2.45) is 0 Å². The van der Waals surface area contributed by atoms with Crippen LogP contribution in [0.1, 0.15) is 18.5 Å². The van der Waals surface area contributed by atoms with Crippen LogP contribution in [0.3, 0.4) is 0 Å². The molecule has 100 valence electrons. The monoisotopic (exact) mass is 356 g/mol. The van der Waals surface area contributed by atoms with Gasteiger partial charge in [-0.25, -0.2) is 4.98 Å². The number of hydrogen-bond donors (Lipinski definition) is 1. The molecule has 0 amide bonds. The van der Waals surface area contributed by atoms with E-state index in [0.717, 1.165) is 14.4 Å². The number of pyridine rings is 1. The van der Waals surface area contributed by atoms with E-state index in [0.29, 0.717) is 11.1 Å². The predicted octanol–water partition coefficient (Wildman–Crippen LogP) is 4.93. The number of hydrogen-bond acceptors (Lipinski definition) is 3. The minimum atomic E-state index is 0.328. The summed E-state index contributed by atoms with van der Waals surface area (Å²) in [6.07, 6.45) is 1.75. The summed E-state index contributed by atoms with van der Waals surface area (Å²) in [4.78, 5) is 5.39. The molecule has 0 aliphatic heterocycles. The van der Waals surface area contributed by atoms with Crippen molar-refractivity contribution < 1.29 is 0 Å². The molecular weight excluding hydrogens is 344 g/mol. The van der Waals surface area contributed by atoms with Crippen LogP contribution in [-0.2, 0) is 0 Å². The zero-order valence-corrected chi connectivity index (χ0v) is 13.8. The summed E-state index contributed by atoms with van der Waals surface area (Å²) >= 11 is 11.3. The maximum Gasteiger partial charge on any atom is 0.119 e. The Hall–Kier alpha value is -0.550. The lowest BCUT2D eigenvalue weighted by atomic mass is 10.1. The summed E-state index contributed by atoms with van der Waals surface area (Å²) in [6.45, 7) is 2.13. The average molecular weight is 358 g/mol. The molecule has 0 aliphatic carbocycles. The molecule has 1 unspecified atom stereocenters. The van der Waals surface area contributed by atoms with Crippen LogP contribution in [0.15, 0.2) is 50.9 Å². The number of aromatic nitrogens is 1. The van der Waals surface area contributed by atoms with Crippen LogP contribution < -0.4 is 5.32 Å². The van der Waals surface area contributed by atoms with Crippen LogP contribution in [-0.4, -0.2) is 12.0 Å². The third-order valence-corrected chi connectivity index (χ3v) is 5.25. The number of nitrogens with one attached hydrogen (secondary N) is 1. The fraction of sp³-hybridized carbons (Fsp3) is 0.214. The zero-order chi connectivity index (χ0) is 13.8. The van der Waals surface area contributed by atoms with Crippen molar-refractivity contribution in [3.63, 3.8) is 0 Å². The molecule has 0 saturated carbocycles. The van der Waals surface area contributed by atoms with Crippen molar-refractivity contribution in [2.75, 3.05) is 7.05 Å². The van der Waals surface area contributed by atoms with Gasteiger partial charge in [-0.1, -0.05) is 29.4 Å². The maximum atomic E-state index is 6.12. The molecule has 0 fully saturated rings. The first kappa shape index (κ1) is 14.9. The average Bonchev–Trinajstić information content (AvgIpc) is 2.42. The van der Waals surface area contributed by atoms with E-state index in [9.17, 15) is 0 Å². The summed E-state index contributed by atoms with van der Waals surface area (Å²) < 4.78 is 1.05.